The second kappa shape index (κ2) is 10.2. The lowest BCUT2D eigenvalue weighted by atomic mass is 9.91. The zero-order valence-corrected chi connectivity index (χ0v) is 21.4. The van der Waals surface area contributed by atoms with Gasteiger partial charge in [0.15, 0.2) is 0 Å². The normalized spacial score (nSPS) is 22.1. The van der Waals surface area contributed by atoms with Gasteiger partial charge in [-0.3, -0.25) is 9.63 Å². The minimum atomic E-state index is -0.961. The number of ether oxygens (including phenoxy) is 1. The number of likely N-dealkylation sites (tertiary alicyclic amines) is 1. The van der Waals surface area contributed by atoms with E-state index >= 15 is 0 Å². The Hall–Kier alpha value is -2.68. The van der Waals surface area contributed by atoms with Crippen molar-refractivity contribution in [3.63, 3.8) is 0 Å². The average molecular weight is 522 g/mol. The molecule has 8 heteroatoms. The summed E-state index contributed by atoms with van der Waals surface area (Å²) >= 11 is 6.54. The molecule has 0 bridgehead atoms. The fourth-order valence-corrected chi connectivity index (χ4v) is 5.85. The lowest BCUT2D eigenvalue weighted by Gasteiger charge is -2.43. The summed E-state index contributed by atoms with van der Waals surface area (Å²) in [6, 6.07) is 16.1. The molecule has 0 radical (unpaired) electrons. The highest BCUT2D eigenvalue weighted by Crippen LogP contribution is 2.40. The van der Waals surface area contributed by atoms with Crippen molar-refractivity contribution < 1.29 is 19.5 Å². The van der Waals surface area contributed by atoms with E-state index in [2.05, 4.69) is 4.90 Å². The number of nitrogens with zero attached hydrogens (tertiary/aromatic N) is 2. The lowest BCUT2D eigenvalue weighted by Crippen LogP contribution is -2.52. The van der Waals surface area contributed by atoms with Gasteiger partial charge in [0.1, 0.15) is 11.8 Å². The average Bonchev–Trinajstić information content (AvgIpc) is 3.58. The Bertz CT molecular complexity index is 1310. The molecule has 6 rings (SSSR count). The third kappa shape index (κ3) is 4.94. The first-order valence-corrected chi connectivity index (χ1v) is 13.4. The molecule has 0 aromatic heterocycles. The van der Waals surface area contributed by atoms with Crippen LogP contribution in [0.5, 0.6) is 5.75 Å². The van der Waals surface area contributed by atoms with Gasteiger partial charge in [0, 0.05) is 6.54 Å². The number of rotatable bonds is 8. The van der Waals surface area contributed by atoms with Crippen LogP contribution in [0, 0.1) is 0 Å². The van der Waals surface area contributed by atoms with E-state index in [1.807, 2.05) is 48.5 Å². The maximum absolute atomic E-state index is 12.9. The van der Waals surface area contributed by atoms with Gasteiger partial charge in [-0.25, -0.2) is 0 Å². The number of halogens is 1. The molecule has 2 fully saturated rings. The number of benzene rings is 3. The van der Waals surface area contributed by atoms with Crippen molar-refractivity contribution in [3.05, 3.63) is 76.3 Å². The number of amides is 1. The van der Waals surface area contributed by atoms with Crippen LogP contribution in [-0.4, -0.2) is 52.8 Å². The van der Waals surface area contributed by atoms with Gasteiger partial charge in [0.05, 0.1) is 29.9 Å². The first kappa shape index (κ1) is 24.6. The van der Waals surface area contributed by atoms with Gasteiger partial charge >= 0.3 is 0 Å². The Morgan fingerprint density at radius 1 is 1.14 bits per heavy atom. The molecule has 1 saturated carbocycles. The second-order valence-corrected chi connectivity index (χ2v) is 10.7. The van der Waals surface area contributed by atoms with Gasteiger partial charge in [-0.05, 0) is 78.4 Å². The second-order valence-electron chi connectivity index (χ2n) is 10.3. The van der Waals surface area contributed by atoms with E-state index in [-0.39, 0.29) is 6.10 Å². The van der Waals surface area contributed by atoms with Crippen LogP contribution < -0.4 is 10.5 Å². The highest BCUT2D eigenvalue weighted by Gasteiger charge is 2.42. The summed E-state index contributed by atoms with van der Waals surface area (Å²) in [4.78, 5) is 21.5. The molecular formula is C29H32ClN3O4. The molecule has 37 heavy (non-hydrogen) atoms. The summed E-state index contributed by atoms with van der Waals surface area (Å²) in [5, 5.41) is 15.9. The van der Waals surface area contributed by atoms with E-state index in [1.165, 1.54) is 0 Å². The molecule has 3 aromatic carbocycles. The fraction of sp³-hybridized carbons (Fsp3) is 0.414. The lowest BCUT2D eigenvalue weighted by molar-refractivity contribution is -0.248. The van der Waals surface area contributed by atoms with E-state index in [4.69, 9.17) is 26.9 Å². The van der Waals surface area contributed by atoms with Crippen molar-refractivity contribution in [1.82, 2.24) is 9.96 Å². The van der Waals surface area contributed by atoms with Crippen LogP contribution >= 0.6 is 11.6 Å². The number of hydroxylamine groups is 2. The zero-order valence-electron chi connectivity index (χ0n) is 20.7. The maximum Gasteiger partial charge on any atom is 0.241 e. The molecule has 3 N–H and O–H groups in total. The van der Waals surface area contributed by atoms with E-state index in [9.17, 15) is 9.90 Å². The molecule has 2 aliphatic heterocycles. The first-order valence-electron chi connectivity index (χ1n) is 13.1. The van der Waals surface area contributed by atoms with Crippen LogP contribution in [0.15, 0.2) is 54.6 Å². The Morgan fingerprint density at radius 3 is 2.65 bits per heavy atom. The molecule has 1 saturated heterocycles. The highest BCUT2D eigenvalue weighted by molar-refractivity contribution is 6.32. The van der Waals surface area contributed by atoms with Crippen molar-refractivity contribution in [2.24, 2.45) is 5.73 Å². The molecule has 3 aliphatic rings. The van der Waals surface area contributed by atoms with Crippen molar-refractivity contribution in [2.45, 2.75) is 56.6 Å². The topological polar surface area (TPSA) is 88.3 Å². The van der Waals surface area contributed by atoms with E-state index in [0.29, 0.717) is 29.5 Å². The molecule has 1 aliphatic carbocycles. The summed E-state index contributed by atoms with van der Waals surface area (Å²) in [5.41, 5.74) is 8.43. The number of carbonyl (C=O) groups excluding carboxylic acids is 1. The Kier molecular flexibility index (Phi) is 6.82. The number of hydrogen-bond donors (Lipinski definition) is 2. The molecule has 194 valence electrons. The van der Waals surface area contributed by atoms with E-state index in [1.54, 1.807) is 11.1 Å². The third-order valence-corrected chi connectivity index (χ3v) is 8.00. The fourth-order valence-electron chi connectivity index (χ4n) is 5.62. The van der Waals surface area contributed by atoms with Crippen molar-refractivity contribution in [2.75, 3.05) is 19.6 Å². The van der Waals surface area contributed by atoms with E-state index in [0.717, 1.165) is 60.7 Å². The summed E-state index contributed by atoms with van der Waals surface area (Å²) in [6.07, 6.45) is 3.56. The van der Waals surface area contributed by atoms with Gasteiger partial charge in [0.2, 0.25) is 5.91 Å². The number of primary amides is 1. The van der Waals surface area contributed by atoms with Crippen LogP contribution in [0.25, 0.3) is 10.8 Å². The Morgan fingerprint density at radius 2 is 1.92 bits per heavy atom. The number of aliphatic hydroxyl groups excluding tert-OH is 1. The quantitative estimate of drug-likeness (QED) is 0.453. The van der Waals surface area contributed by atoms with Gasteiger partial charge in [-0.2, -0.15) is 5.06 Å². The smallest absolute Gasteiger partial charge is 0.241 e. The SMILES string of the molecule is NC(=O)C1c2ccc3ccccc3c2CON1[C@H](CN1CCCC1)[C@H](O)c1ccc(OC2CC2)c(Cl)c1. The number of fused-ring (bicyclic) bond motifs is 3. The summed E-state index contributed by atoms with van der Waals surface area (Å²) in [7, 11) is 0. The monoisotopic (exact) mass is 521 g/mol. The molecule has 0 spiro atoms. The van der Waals surface area contributed by atoms with Gasteiger partial charge < -0.3 is 20.5 Å². The molecule has 3 aromatic rings. The predicted octanol–water partition coefficient (Wildman–Crippen LogP) is 4.51. The number of aliphatic hydroxyl groups is 1. The summed E-state index contributed by atoms with van der Waals surface area (Å²) < 4.78 is 5.88. The van der Waals surface area contributed by atoms with Gasteiger partial charge in [-0.15, -0.1) is 0 Å². The molecule has 3 atom stereocenters. The van der Waals surface area contributed by atoms with Gasteiger partial charge in [-0.1, -0.05) is 54.1 Å². The number of nitrogens with two attached hydrogens (primary N) is 1. The number of carbonyl (C=O) groups is 1. The first-order chi connectivity index (χ1) is 18.0. The number of hydrogen-bond acceptors (Lipinski definition) is 6. The largest absolute Gasteiger partial charge is 0.489 e. The third-order valence-electron chi connectivity index (χ3n) is 7.70. The van der Waals surface area contributed by atoms with Crippen LogP contribution in [0.4, 0.5) is 0 Å². The summed E-state index contributed by atoms with van der Waals surface area (Å²) in [6.45, 7) is 2.70. The van der Waals surface area contributed by atoms with Crippen LogP contribution in [-0.2, 0) is 16.2 Å². The van der Waals surface area contributed by atoms with Crippen molar-refractivity contribution in [3.8, 4) is 5.75 Å². The highest BCUT2D eigenvalue weighted by atomic mass is 35.5. The molecule has 1 amide bonds. The van der Waals surface area contributed by atoms with Crippen molar-refractivity contribution >= 4 is 28.3 Å². The molecule has 1 unspecified atom stereocenters. The standard InChI is InChI=1S/C29H32ClN3O4/c30-24-15-19(8-12-26(24)37-20-9-10-20)28(34)25(16-32-13-3-4-14-32)33-27(29(31)35)22-11-7-18-5-1-2-6-21(18)23(22)17-36-33/h1-2,5-8,11-12,15,20,25,27-28,34H,3-4,9-10,13-14,16-17H2,(H2,31,35)/t25-,27?,28-/m1/s1. The van der Waals surface area contributed by atoms with E-state index < -0.39 is 24.1 Å². The predicted molar refractivity (Wildman–Crippen MR) is 142 cm³/mol. The zero-order chi connectivity index (χ0) is 25.5. The molecular weight excluding hydrogens is 490 g/mol. The maximum atomic E-state index is 12.9. The van der Waals surface area contributed by atoms with Crippen LogP contribution in [0.3, 0.4) is 0 Å². The Labute approximate surface area is 221 Å². The van der Waals surface area contributed by atoms with Crippen LogP contribution in [0.2, 0.25) is 5.02 Å². The molecule has 2 heterocycles. The summed E-state index contributed by atoms with van der Waals surface area (Å²) in [5.74, 6) is 0.113. The minimum Gasteiger partial charge on any atom is -0.489 e. The minimum absolute atomic E-state index is 0.227. The van der Waals surface area contributed by atoms with Crippen LogP contribution in [0.1, 0.15) is 54.5 Å². The molecule has 7 nitrogen and oxygen atoms in total. The Balaban J connectivity index is 1.36. The van der Waals surface area contributed by atoms with Gasteiger partial charge in [0.25, 0.3) is 0 Å². The van der Waals surface area contributed by atoms with Crippen molar-refractivity contribution in [1.29, 1.82) is 0 Å².